The number of amides is 1. The van der Waals surface area contributed by atoms with Gasteiger partial charge in [0.2, 0.25) is 5.91 Å². The smallest absolute Gasteiger partial charge is 0.324 e. The van der Waals surface area contributed by atoms with Gasteiger partial charge in [0, 0.05) is 5.02 Å². The first-order valence-corrected chi connectivity index (χ1v) is 10.9. The van der Waals surface area contributed by atoms with Crippen LogP contribution in [0.4, 0.5) is 0 Å². The molecule has 30 heavy (non-hydrogen) atoms. The number of methoxy groups -OCH3 is 1. The van der Waals surface area contributed by atoms with Gasteiger partial charge in [0.15, 0.2) is 0 Å². The zero-order chi connectivity index (χ0) is 21.7. The first kappa shape index (κ1) is 22.8. The fourth-order valence-electron chi connectivity index (χ4n) is 2.86. The maximum atomic E-state index is 11.9. The Morgan fingerprint density at radius 2 is 1.97 bits per heavy atom. The quantitative estimate of drug-likeness (QED) is 0.332. The van der Waals surface area contributed by atoms with Gasteiger partial charge in [-0.15, -0.1) is 0 Å². The molecule has 2 aromatic carbocycles. The standard InChI is InChI=1S/C20H18Cl2N2O4S2/c1-27-19(26)16(24-22)8-11-2-5-13(6-3-11)28-14-7-4-12(15(21)10-14)9-17-18(25)23-20(29)30-17/h2-7,10,16-17,24H,8-9H2,1H3,(H,23,25,29)/t16-,17?/m0/s1. The average molecular weight is 485 g/mol. The molecule has 10 heteroatoms. The number of carbonyl (C=O) groups excluding carboxylic acids is 2. The molecule has 0 spiro atoms. The van der Waals surface area contributed by atoms with Crippen molar-refractivity contribution in [3.63, 3.8) is 0 Å². The molecule has 3 rings (SSSR count). The summed E-state index contributed by atoms with van der Waals surface area (Å²) in [7, 11) is 1.31. The van der Waals surface area contributed by atoms with Crippen LogP contribution in [0.5, 0.6) is 11.5 Å². The van der Waals surface area contributed by atoms with E-state index in [4.69, 9.17) is 45.1 Å². The highest BCUT2D eigenvalue weighted by Gasteiger charge is 2.29. The van der Waals surface area contributed by atoms with Crippen molar-refractivity contribution >= 4 is 63.6 Å². The molecule has 2 aromatic rings. The lowest BCUT2D eigenvalue weighted by Crippen LogP contribution is -2.33. The summed E-state index contributed by atoms with van der Waals surface area (Å²) in [4.78, 5) is 25.9. The highest BCUT2D eigenvalue weighted by Crippen LogP contribution is 2.31. The van der Waals surface area contributed by atoms with E-state index < -0.39 is 12.0 Å². The second kappa shape index (κ2) is 10.5. The number of ether oxygens (including phenoxy) is 2. The summed E-state index contributed by atoms with van der Waals surface area (Å²) in [5, 5.41) is 2.88. The summed E-state index contributed by atoms with van der Waals surface area (Å²) >= 11 is 18.3. The van der Waals surface area contributed by atoms with Crippen LogP contribution in [0.3, 0.4) is 0 Å². The molecule has 1 fully saturated rings. The van der Waals surface area contributed by atoms with Crippen LogP contribution in [0.15, 0.2) is 42.5 Å². The Bertz CT molecular complexity index is 956. The van der Waals surface area contributed by atoms with Crippen molar-refractivity contribution in [3.8, 4) is 11.5 Å². The zero-order valence-corrected chi connectivity index (χ0v) is 19.0. The molecule has 158 valence electrons. The molecule has 1 aliphatic rings. The molecule has 0 aromatic heterocycles. The van der Waals surface area contributed by atoms with Gasteiger partial charge in [-0.3, -0.25) is 9.59 Å². The highest BCUT2D eigenvalue weighted by molar-refractivity contribution is 8.24. The fourth-order valence-corrected chi connectivity index (χ4v) is 4.57. The first-order chi connectivity index (χ1) is 14.4. The van der Waals surface area contributed by atoms with Crippen LogP contribution >= 0.6 is 47.4 Å². The SMILES string of the molecule is COC(=O)[C@H](Cc1ccc(Oc2ccc(CC3SC(=S)NC3=O)c(Cl)c2)cc1)NCl. The van der Waals surface area contributed by atoms with Crippen molar-refractivity contribution in [1.29, 1.82) is 0 Å². The summed E-state index contributed by atoms with van der Waals surface area (Å²) in [5.41, 5.74) is 1.74. The number of hydrogen-bond donors (Lipinski definition) is 2. The van der Waals surface area contributed by atoms with Crippen LogP contribution in [0, 0.1) is 0 Å². The van der Waals surface area contributed by atoms with E-state index >= 15 is 0 Å². The van der Waals surface area contributed by atoms with E-state index in [1.165, 1.54) is 18.9 Å². The van der Waals surface area contributed by atoms with E-state index in [1.807, 2.05) is 18.2 Å². The Hall–Kier alpha value is -1.84. The third-order valence-electron chi connectivity index (χ3n) is 4.41. The van der Waals surface area contributed by atoms with E-state index in [1.54, 1.807) is 24.3 Å². The van der Waals surface area contributed by atoms with Gasteiger partial charge in [-0.05, 0) is 60.0 Å². The fraction of sp³-hybridized carbons (Fsp3) is 0.250. The molecule has 2 atom stereocenters. The minimum absolute atomic E-state index is 0.0970. The minimum atomic E-state index is -0.635. The second-order valence-electron chi connectivity index (χ2n) is 6.48. The molecule has 0 aliphatic carbocycles. The Morgan fingerprint density at radius 1 is 1.27 bits per heavy atom. The molecule has 1 saturated heterocycles. The number of carbonyl (C=O) groups is 2. The maximum Gasteiger partial charge on any atom is 0.324 e. The van der Waals surface area contributed by atoms with Crippen molar-refractivity contribution in [2.24, 2.45) is 0 Å². The van der Waals surface area contributed by atoms with Gasteiger partial charge in [0.1, 0.15) is 21.9 Å². The van der Waals surface area contributed by atoms with Crippen molar-refractivity contribution in [2.45, 2.75) is 24.1 Å². The lowest BCUT2D eigenvalue weighted by Gasteiger charge is -2.13. The van der Waals surface area contributed by atoms with Crippen molar-refractivity contribution in [3.05, 3.63) is 58.6 Å². The van der Waals surface area contributed by atoms with Crippen LogP contribution in [0.1, 0.15) is 11.1 Å². The molecule has 6 nitrogen and oxygen atoms in total. The van der Waals surface area contributed by atoms with Gasteiger partial charge in [-0.1, -0.05) is 53.8 Å². The molecule has 0 radical (unpaired) electrons. The number of benzene rings is 2. The largest absolute Gasteiger partial charge is 0.468 e. The zero-order valence-electron chi connectivity index (χ0n) is 15.8. The predicted octanol–water partition coefficient (Wildman–Crippen LogP) is 4.02. The van der Waals surface area contributed by atoms with Crippen LogP contribution < -0.4 is 14.9 Å². The minimum Gasteiger partial charge on any atom is -0.468 e. The molecular formula is C20H18Cl2N2O4S2. The highest BCUT2D eigenvalue weighted by atomic mass is 35.5. The molecule has 0 bridgehead atoms. The number of thiocarbonyl (C=S) groups is 1. The average Bonchev–Trinajstić information content (AvgIpc) is 3.05. The second-order valence-corrected chi connectivity index (χ2v) is 8.98. The van der Waals surface area contributed by atoms with Crippen LogP contribution in [0.25, 0.3) is 0 Å². The van der Waals surface area contributed by atoms with E-state index in [0.29, 0.717) is 33.7 Å². The third kappa shape index (κ3) is 5.86. The Kier molecular flexibility index (Phi) is 7.96. The molecule has 1 heterocycles. The number of nitrogens with one attached hydrogen (secondary N) is 2. The number of thioether (sulfide) groups is 1. The Labute approximate surface area is 193 Å². The van der Waals surface area contributed by atoms with Crippen molar-refractivity contribution in [1.82, 2.24) is 10.2 Å². The number of hydrogen-bond acceptors (Lipinski definition) is 7. The third-order valence-corrected chi connectivity index (χ3v) is 6.40. The summed E-state index contributed by atoms with van der Waals surface area (Å²) in [6.45, 7) is 0. The van der Waals surface area contributed by atoms with E-state index in [9.17, 15) is 9.59 Å². The van der Waals surface area contributed by atoms with Gasteiger partial charge >= 0.3 is 5.97 Å². The summed E-state index contributed by atoms with van der Waals surface area (Å²) in [5.74, 6) is 0.660. The van der Waals surface area contributed by atoms with Gasteiger partial charge in [0.25, 0.3) is 0 Å². The predicted molar refractivity (Wildman–Crippen MR) is 122 cm³/mol. The van der Waals surface area contributed by atoms with E-state index in [2.05, 4.69) is 10.2 Å². The summed E-state index contributed by atoms with van der Waals surface area (Å²) in [6, 6.07) is 12.0. The van der Waals surface area contributed by atoms with Crippen molar-refractivity contribution in [2.75, 3.05) is 7.11 Å². The topological polar surface area (TPSA) is 76.7 Å². The van der Waals surface area contributed by atoms with Gasteiger partial charge in [0.05, 0.1) is 12.4 Å². The van der Waals surface area contributed by atoms with E-state index in [-0.39, 0.29) is 11.2 Å². The monoisotopic (exact) mass is 484 g/mol. The normalized spacial score (nSPS) is 16.8. The van der Waals surface area contributed by atoms with E-state index in [0.717, 1.165) is 11.1 Å². The van der Waals surface area contributed by atoms with Gasteiger partial charge < -0.3 is 14.8 Å². The molecule has 1 unspecified atom stereocenters. The summed E-state index contributed by atoms with van der Waals surface area (Å²) in [6.07, 6.45) is 0.869. The lowest BCUT2D eigenvalue weighted by molar-refractivity contribution is -0.142. The Morgan fingerprint density at radius 3 is 2.53 bits per heavy atom. The summed E-state index contributed by atoms with van der Waals surface area (Å²) < 4.78 is 11.0. The molecule has 1 amide bonds. The lowest BCUT2D eigenvalue weighted by atomic mass is 10.1. The van der Waals surface area contributed by atoms with Crippen LogP contribution in [-0.4, -0.2) is 34.6 Å². The maximum absolute atomic E-state index is 11.9. The molecule has 2 N–H and O–H groups in total. The molecule has 1 aliphatic heterocycles. The molecular weight excluding hydrogens is 467 g/mol. The number of rotatable bonds is 8. The van der Waals surface area contributed by atoms with Gasteiger partial charge in [-0.25, -0.2) is 4.84 Å². The Balaban J connectivity index is 1.62. The number of esters is 1. The van der Waals surface area contributed by atoms with Crippen molar-refractivity contribution < 1.29 is 19.1 Å². The van der Waals surface area contributed by atoms with Crippen LogP contribution in [0.2, 0.25) is 5.02 Å². The number of halogens is 2. The molecule has 0 saturated carbocycles. The van der Waals surface area contributed by atoms with Crippen LogP contribution in [-0.2, 0) is 27.2 Å². The first-order valence-electron chi connectivity index (χ1n) is 8.90. The van der Waals surface area contributed by atoms with Gasteiger partial charge in [-0.2, -0.15) is 0 Å².